The molecule has 6 heteroatoms. The van der Waals surface area contributed by atoms with Crippen molar-refractivity contribution in [1.82, 2.24) is 4.98 Å². The Bertz CT molecular complexity index is 406. The molecule has 6 nitrogen and oxygen atoms in total. The molecule has 0 radical (unpaired) electrons. The largest absolute Gasteiger partial charge is 0.370 e. The van der Waals surface area contributed by atoms with Gasteiger partial charge in [-0.15, -0.1) is 0 Å². The van der Waals surface area contributed by atoms with E-state index in [1.807, 2.05) is 0 Å². The van der Waals surface area contributed by atoms with Crippen LogP contribution in [0.25, 0.3) is 0 Å². The van der Waals surface area contributed by atoms with Crippen LogP contribution in [0, 0.1) is 0 Å². The lowest BCUT2D eigenvalue weighted by molar-refractivity contribution is -0.118. The van der Waals surface area contributed by atoms with Gasteiger partial charge >= 0.3 is 0 Å². The minimum Gasteiger partial charge on any atom is -0.370 e. The molecule has 0 saturated carbocycles. The Kier molecular flexibility index (Phi) is 4.93. The summed E-state index contributed by atoms with van der Waals surface area (Å²) in [6, 6.07) is 3.26. The topological polar surface area (TPSA) is 111 Å². The van der Waals surface area contributed by atoms with E-state index in [0.717, 1.165) is 6.42 Å². The first-order valence-corrected chi connectivity index (χ1v) is 5.38. The number of rotatable bonds is 7. The fraction of sp³-hybridized carbons (Fsp3) is 0.364. The smallest absolute Gasteiger partial charge is 0.252 e. The average molecular weight is 236 g/mol. The molecule has 0 aliphatic rings. The molecule has 0 aromatic carbocycles. The highest BCUT2D eigenvalue weighted by Crippen LogP contribution is 2.10. The van der Waals surface area contributed by atoms with Crippen LogP contribution in [0.4, 0.5) is 5.82 Å². The summed E-state index contributed by atoms with van der Waals surface area (Å²) in [4.78, 5) is 25.6. The second-order valence-corrected chi connectivity index (χ2v) is 3.61. The zero-order valence-corrected chi connectivity index (χ0v) is 9.48. The second kappa shape index (κ2) is 6.47. The van der Waals surface area contributed by atoms with Crippen molar-refractivity contribution in [2.75, 3.05) is 11.9 Å². The van der Waals surface area contributed by atoms with Gasteiger partial charge in [0.2, 0.25) is 5.91 Å². The van der Waals surface area contributed by atoms with Gasteiger partial charge in [0.15, 0.2) is 0 Å². The summed E-state index contributed by atoms with van der Waals surface area (Å²) >= 11 is 0. The van der Waals surface area contributed by atoms with Gasteiger partial charge in [-0.25, -0.2) is 4.98 Å². The van der Waals surface area contributed by atoms with Gasteiger partial charge in [0.25, 0.3) is 5.91 Å². The zero-order valence-electron chi connectivity index (χ0n) is 9.48. The van der Waals surface area contributed by atoms with Crippen molar-refractivity contribution in [3.8, 4) is 0 Å². The molecule has 0 bridgehead atoms. The highest BCUT2D eigenvalue weighted by atomic mass is 16.1. The van der Waals surface area contributed by atoms with Gasteiger partial charge in [-0.3, -0.25) is 9.59 Å². The van der Waals surface area contributed by atoms with E-state index in [1.54, 1.807) is 18.3 Å². The molecule has 17 heavy (non-hydrogen) atoms. The molecule has 0 fully saturated rings. The molecule has 0 atom stereocenters. The zero-order chi connectivity index (χ0) is 12.7. The highest BCUT2D eigenvalue weighted by Gasteiger charge is 2.07. The number of hydrogen-bond donors (Lipinski definition) is 3. The first-order chi connectivity index (χ1) is 8.11. The number of anilines is 1. The summed E-state index contributed by atoms with van der Waals surface area (Å²) in [6.07, 6.45) is 3.43. The maximum atomic E-state index is 11.1. The first kappa shape index (κ1) is 13.0. The predicted molar refractivity (Wildman–Crippen MR) is 64.3 cm³/mol. The second-order valence-electron chi connectivity index (χ2n) is 3.61. The Morgan fingerprint density at radius 3 is 2.71 bits per heavy atom. The van der Waals surface area contributed by atoms with Crippen LogP contribution in [0.15, 0.2) is 18.3 Å². The number of nitrogens with zero attached hydrogens (tertiary/aromatic N) is 1. The normalized spacial score (nSPS) is 9.88. The van der Waals surface area contributed by atoms with Gasteiger partial charge < -0.3 is 16.8 Å². The molecule has 0 aliphatic heterocycles. The number of nitrogens with one attached hydrogen (secondary N) is 1. The Balaban J connectivity index is 2.41. The number of amides is 2. The average Bonchev–Trinajstić information content (AvgIpc) is 2.28. The molecule has 0 spiro atoms. The van der Waals surface area contributed by atoms with Crippen LogP contribution in [0.3, 0.4) is 0 Å². The molecule has 0 unspecified atom stereocenters. The number of primary amides is 2. The van der Waals surface area contributed by atoms with Crippen LogP contribution >= 0.6 is 0 Å². The number of aromatic nitrogens is 1. The Hall–Kier alpha value is -2.11. The van der Waals surface area contributed by atoms with Gasteiger partial charge in [-0.2, -0.15) is 0 Å². The number of hydrogen-bond acceptors (Lipinski definition) is 4. The third-order valence-corrected chi connectivity index (χ3v) is 2.22. The summed E-state index contributed by atoms with van der Waals surface area (Å²) in [6.45, 7) is 0.616. The van der Waals surface area contributed by atoms with E-state index in [1.165, 1.54) is 0 Å². The molecule has 1 heterocycles. The minimum absolute atomic E-state index is 0.305. The van der Waals surface area contributed by atoms with Crippen LogP contribution < -0.4 is 16.8 Å². The van der Waals surface area contributed by atoms with Gasteiger partial charge in [-0.05, 0) is 25.0 Å². The quantitative estimate of drug-likeness (QED) is 0.589. The van der Waals surface area contributed by atoms with Crippen molar-refractivity contribution in [3.63, 3.8) is 0 Å². The number of carbonyl (C=O) groups is 2. The van der Waals surface area contributed by atoms with E-state index in [9.17, 15) is 9.59 Å². The lowest BCUT2D eigenvalue weighted by atomic mass is 10.2. The molecule has 5 N–H and O–H groups in total. The molecule has 1 rings (SSSR count). The maximum Gasteiger partial charge on any atom is 0.252 e. The molecule has 1 aromatic rings. The van der Waals surface area contributed by atoms with E-state index in [4.69, 9.17) is 11.5 Å². The predicted octanol–water partition coefficient (Wildman–Crippen LogP) is 0.248. The fourth-order valence-electron chi connectivity index (χ4n) is 1.38. The van der Waals surface area contributed by atoms with E-state index in [-0.39, 0.29) is 5.91 Å². The number of unbranched alkanes of at least 4 members (excludes halogenated alkanes) is 1. The highest BCUT2D eigenvalue weighted by molar-refractivity contribution is 5.97. The van der Waals surface area contributed by atoms with Crippen molar-refractivity contribution in [2.45, 2.75) is 19.3 Å². The summed E-state index contributed by atoms with van der Waals surface area (Å²) in [7, 11) is 0. The summed E-state index contributed by atoms with van der Waals surface area (Å²) < 4.78 is 0. The van der Waals surface area contributed by atoms with Gasteiger partial charge in [0.05, 0.1) is 5.56 Å². The molecule has 92 valence electrons. The first-order valence-electron chi connectivity index (χ1n) is 5.38. The van der Waals surface area contributed by atoms with Gasteiger partial charge in [0, 0.05) is 19.2 Å². The Morgan fingerprint density at radius 2 is 2.06 bits per heavy atom. The van der Waals surface area contributed by atoms with E-state index < -0.39 is 5.91 Å². The summed E-state index contributed by atoms with van der Waals surface area (Å²) in [5, 5.41) is 3.00. The van der Waals surface area contributed by atoms with Crippen LogP contribution in [0.5, 0.6) is 0 Å². The van der Waals surface area contributed by atoms with Crippen LogP contribution in [0.1, 0.15) is 29.6 Å². The molecule has 1 aromatic heterocycles. The monoisotopic (exact) mass is 236 g/mol. The third kappa shape index (κ3) is 4.50. The lowest BCUT2D eigenvalue weighted by Crippen LogP contribution is -2.16. The van der Waals surface area contributed by atoms with Crippen molar-refractivity contribution >= 4 is 17.6 Å². The van der Waals surface area contributed by atoms with Crippen LogP contribution in [-0.2, 0) is 4.79 Å². The number of pyridine rings is 1. The number of nitrogens with two attached hydrogens (primary N) is 2. The van der Waals surface area contributed by atoms with Gasteiger partial charge in [0.1, 0.15) is 5.82 Å². The van der Waals surface area contributed by atoms with Crippen molar-refractivity contribution in [2.24, 2.45) is 11.5 Å². The lowest BCUT2D eigenvalue weighted by Gasteiger charge is -2.07. The Morgan fingerprint density at radius 1 is 1.29 bits per heavy atom. The van der Waals surface area contributed by atoms with Crippen molar-refractivity contribution in [3.05, 3.63) is 23.9 Å². The molecule has 0 aliphatic carbocycles. The van der Waals surface area contributed by atoms with Gasteiger partial charge in [-0.1, -0.05) is 0 Å². The van der Waals surface area contributed by atoms with E-state index in [2.05, 4.69) is 10.3 Å². The van der Waals surface area contributed by atoms with Crippen molar-refractivity contribution in [1.29, 1.82) is 0 Å². The van der Waals surface area contributed by atoms with E-state index in [0.29, 0.717) is 30.8 Å². The molecule has 0 saturated heterocycles. The SMILES string of the molecule is NC(=O)CCCCNc1ncccc1C(N)=O. The summed E-state index contributed by atoms with van der Waals surface area (Å²) in [5.74, 6) is -0.350. The summed E-state index contributed by atoms with van der Waals surface area (Å²) in [5.41, 5.74) is 10.6. The fourth-order valence-corrected chi connectivity index (χ4v) is 1.38. The third-order valence-electron chi connectivity index (χ3n) is 2.22. The molecular weight excluding hydrogens is 220 g/mol. The minimum atomic E-state index is -0.516. The van der Waals surface area contributed by atoms with Crippen molar-refractivity contribution < 1.29 is 9.59 Å². The standard InChI is InChI=1S/C11H16N4O2/c12-9(16)5-1-2-6-14-11-8(10(13)17)4-3-7-15-11/h3-4,7H,1-2,5-6H2,(H2,12,16)(H2,13,17)(H,14,15). The molecule has 2 amide bonds. The molecular formula is C11H16N4O2. The van der Waals surface area contributed by atoms with E-state index >= 15 is 0 Å². The van der Waals surface area contributed by atoms with Crippen LogP contribution in [0.2, 0.25) is 0 Å². The van der Waals surface area contributed by atoms with Crippen LogP contribution in [-0.4, -0.2) is 23.3 Å². The Labute approximate surface area is 99.4 Å². The maximum absolute atomic E-state index is 11.1. The number of carbonyl (C=O) groups excluding carboxylic acids is 2.